The monoisotopic (exact) mass is 303 g/mol. The average Bonchev–Trinajstić information content (AvgIpc) is 2.90. The van der Waals surface area contributed by atoms with E-state index >= 15 is 0 Å². The zero-order valence-electron chi connectivity index (χ0n) is 12.9. The molecule has 5 nitrogen and oxygen atoms in total. The first-order chi connectivity index (χ1) is 10.4. The molecule has 2 rings (SSSR count). The molecule has 1 aromatic rings. The standard InChI is InChI=1S/C17H21NO4/c1-10(2)8-11(3)16(19)18-15(17(20)21)13-4-5-14-12(9-13)6-7-22-14/h4-5,9,11,15H,1,6-8H2,2-3H3,(H,18,19)(H,20,21). The number of ether oxygens (including phenoxy) is 1. The first-order valence-electron chi connectivity index (χ1n) is 7.31. The van der Waals surface area contributed by atoms with E-state index in [2.05, 4.69) is 11.9 Å². The number of hydrogen-bond donors (Lipinski definition) is 2. The molecule has 1 aliphatic rings. The van der Waals surface area contributed by atoms with Crippen LogP contribution in [0.25, 0.3) is 0 Å². The number of carboxylic acid groups (broad SMARTS) is 1. The van der Waals surface area contributed by atoms with E-state index in [1.807, 2.05) is 6.92 Å². The predicted octanol–water partition coefficient (Wildman–Crippen LogP) is 2.47. The highest BCUT2D eigenvalue weighted by atomic mass is 16.5. The van der Waals surface area contributed by atoms with Crippen molar-refractivity contribution in [2.45, 2.75) is 32.7 Å². The van der Waals surface area contributed by atoms with E-state index in [1.165, 1.54) is 0 Å². The van der Waals surface area contributed by atoms with Crippen LogP contribution in [0.3, 0.4) is 0 Å². The third-order valence-corrected chi connectivity index (χ3v) is 3.68. The van der Waals surface area contributed by atoms with Crippen molar-refractivity contribution in [2.24, 2.45) is 5.92 Å². The van der Waals surface area contributed by atoms with Gasteiger partial charge in [-0.1, -0.05) is 18.6 Å². The van der Waals surface area contributed by atoms with Crippen molar-refractivity contribution in [3.05, 3.63) is 41.5 Å². The topological polar surface area (TPSA) is 75.6 Å². The van der Waals surface area contributed by atoms with Crippen LogP contribution in [0.2, 0.25) is 0 Å². The fourth-order valence-electron chi connectivity index (χ4n) is 2.57. The van der Waals surface area contributed by atoms with Gasteiger partial charge in [0.2, 0.25) is 5.91 Å². The first-order valence-corrected chi connectivity index (χ1v) is 7.31. The number of benzene rings is 1. The lowest BCUT2D eigenvalue weighted by Crippen LogP contribution is -2.37. The van der Waals surface area contributed by atoms with Crippen molar-refractivity contribution in [2.75, 3.05) is 6.61 Å². The molecule has 0 fully saturated rings. The predicted molar refractivity (Wildman–Crippen MR) is 82.8 cm³/mol. The number of aliphatic carboxylic acids is 1. The Bertz CT molecular complexity index is 609. The Morgan fingerprint density at radius 2 is 2.18 bits per heavy atom. The second kappa shape index (κ2) is 6.64. The van der Waals surface area contributed by atoms with Gasteiger partial charge in [0, 0.05) is 12.3 Å². The van der Waals surface area contributed by atoms with Crippen molar-refractivity contribution < 1.29 is 19.4 Å². The van der Waals surface area contributed by atoms with Gasteiger partial charge in [-0.05, 0) is 36.6 Å². The number of rotatable bonds is 6. The molecule has 5 heteroatoms. The summed E-state index contributed by atoms with van der Waals surface area (Å²) < 4.78 is 5.41. The fourth-order valence-corrected chi connectivity index (χ4v) is 2.57. The van der Waals surface area contributed by atoms with Crippen molar-refractivity contribution in [1.82, 2.24) is 5.32 Å². The van der Waals surface area contributed by atoms with E-state index in [9.17, 15) is 14.7 Å². The SMILES string of the molecule is C=C(C)CC(C)C(=O)NC(C(=O)O)c1ccc2c(c1)CCO2. The molecule has 0 radical (unpaired) electrons. The van der Waals surface area contributed by atoms with Crippen LogP contribution in [0.15, 0.2) is 30.4 Å². The minimum Gasteiger partial charge on any atom is -0.493 e. The average molecular weight is 303 g/mol. The van der Waals surface area contributed by atoms with Gasteiger partial charge in [-0.15, -0.1) is 6.58 Å². The van der Waals surface area contributed by atoms with E-state index in [0.717, 1.165) is 23.3 Å². The van der Waals surface area contributed by atoms with Crippen LogP contribution in [0.1, 0.15) is 37.4 Å². The Morgan fingerprint density at radius 1 is 1.45 bits per heavy atom. The van der Waals surface area contributed by atoms with Gasteiger partial charge in [0.25, 0.3) is 0 Å². The number of nitrogens with one attached hydrogen (secondary N) is 1. The van der Waals surface area contributed by atoms with Gasteiger partial charge < -0.3 is 15.2 Å². The molecule has 0 saturated carbocycles. The summed E-state index contributed by atoms with van der Waals surface area (Å²) in [6.45, 7) is 8.00. The molecule has 0 bridgehead atoms. The van der Waals surface area contributed by atoms with E-state index in [1.54, 1.807) is 25.1 Å². The third-order valence-electron chi connectivity index (χ3n) is 3.68. The second-order valence-corrected chi connectivity index (χ2v) is 5.81. The zero-order chi connectivity index (χ0) is 16.3. The molecule has 2 unspecified atom stereocenters. The molecular formula is C17H21NO4. The summed E-state index contributed by atoms with van der Waals surface area (Å²) in [6, 6.07) is 4.19. The molecule has 2 N–H and O–H groups in total. The lowest BCUT2D eigenvalue weighted by molar-refractivity contribution is -0.142. The highest BCUT2D eigenvalue weighted by Gasteiger charge is 2.26. The van der Waals surface area contributed by atoms with Crippen LogP contribution >= 0.6 is 0 Å². The molecule has 0 spiro atoms. The fraction of sp³-hybridized carbons (Fsp3) is 0.412. The van der Waals surface area contributed by atoms with E-state index in [0.29, 0.717) is 18.6 Å². The Morgan fingerprint density at radius 3 is 2.82 bits per heavy atom. The molecule has 2 atom stereocenters. The number of carbonyl (C=O) groups is 2. The van der Waals surface area contributed by atoms with Gasteiger partial charge in [-0.25, -0.2) is 4.79 Å². The van der Waals surface area contributed by atoms with Gasteiger partial charge in [-0.3, -0.25) is 4.79 Å². The normalized spacial score (nSPS) is 15.4. The van der Waals surface area contributed by atoms with Crippen LogP contribution in [-0.2, 0) is 16.0 Å². The van der Waals surface area contributed by atoms with Crippen LogP contribution < -0.4 is 10.1 Å². The maximum atomic E-state index is 12.2. The van der Waals surface area contributed by atoms with Crippen molar-refractivity contribution in [3.63, 3.8) is 0 Å². The number of amides is 1. The molecule has 1 heterocycles. The second-order valence-electron chi connectivity index (χ2n) is 5.81. The van der Waals surface area contributed by atoms with Gasteiger partial charge in [-0.2, -0.15) is 0 Å². The van der Waals surface area contributed by atoms with Gasteiger partial charge >= 0.3 is 5.97 Å². The molecule has 0 aromatic heterocycles. The molecule has 1 aliphatic heterocycles. The summed E-state index contributed by atoms with van der Waals surface area (Å²) in [5.41, 5.74) is 2.44. The summed E-state index contributed by atoms with van der Waals surface area (Å²) in [4.78, 5) is 23.7. The van der Waals surface area contributed by atoms with Crippen molar-refractivity contribution in [1.29, 1.82) is 0 Å². The van der Waals surface area contributed by atoms with E-state index in [-0.39, 0.29) is 11.8 Å². The molecule has 1 amide bonds. The molecule has 0 saturated heterocycles. The number of hydrogen-bond acceptors (Lipinski definition) is 3. The number of fused-ring (bicyclic) bond motifs is 1. The highest BCUT2D eigenvalue weighted by molar-refractivity contribution is 5.85. The third kappa shape index (κ3) is 3.67. The summed E-state index contributed by atoms with van der Waals surface area (Å²) in [7, 11) is 0. The number of carboxylic acids is 1. The summed E-state index contributed by atoms with van der Waals surface area (Å²) >= 11 is 0. The Kier molecular flexibility index (Phi) is 4.85. The zero-order valence-corrected chi connectivity index (χ0v) is 12.9. The van der Waals surface area contributed by atoms with Crippen LogP contribution in [0.5, 0.6) is 5.75 Å². The largest absolute Gasteiger partial charge is 0.493 e. The quantitative estimate of drug-likeness (QED) is 0.792. The van der Waals surface area contributed by atoms with Gasteiger partial charge in [0.1, 0.15) is 5.75 Å². The maximum absolute atomic E-state index is 12.2. The Balaban J connectivity index is 2.15. The highest BCUT2D eigenvalue weighted by Crippen LogP contribution is 2.28. The Labute approximate surface area is 130 Å². The van der Waals surface area contributed by atoms with E-state index < -0.39 is 12.0 Å². The molecule has 118 valence electrons. The molecule has 1 aromatic carbocycles. The molecule has 22 heavy (non-hydrogen) atoms. The van der Waals surface area contributed by atoms with E-state index in [4.69, 9.17) is 4.74 Å². The van der Waals surface area contributed by atoms with Gasteiger partial charge in [0.15, 0.2) is 6.04 Å². The minimum absolute atomic E-state index is 0.285. The van der Waals surface area contributed by atoms with Crippen molar-refractivity contribution in [3.8, 4) is 5.75 Å². The number of carbonyl (C=O) groups excluding carboxylic acids is 1. The molecular weight excluding hydrogens is 282 g/mol. The van der Waals surface area contributed by atoms with Crippen LogP contribution in [-0.4, -0.2) is 23.6 Å². The Hall–Kier alpha value is -2.30. The first kappa shape index (κ1) is 16.1. The maximum Gasteiger partial charge on any atom is 0.330 e. The summed E-state index contributed by atoms with van der Waals surface area (Å²) in [6.07, 6.45) is 1.30. The van der Waals surface area contributed by atoms with Gasteiger partial charge in [0.05, 0.1) is 6.61 Å². The molecule has 0 aliphatic carbocycles. The van der Waals surface area contributed by atoms with Crippen LogP contribution in [0, 0.1) is 5.92 Å². The number of allylic oxidation sites excluding steroid dienone is 1. The lowest BCUT2D eigenvalue weighted by Gasteiger charge is -2.18. The lowest BCUT2D eigenvalue weighted by atomic mass is 9.99. The van der Waals surface area contributed by atoms with Crippen LogP contribution in [0.4, 0.5) is 0 Å². The van der Waals surface area contributed by atoms with Crippen molar-refractivity contribution >= 4 is 11.9 Å². The smallest absolute Gasteiger partial charge is 0.330 e. The summed E-state index contributed by atoms with van der Waals surface area (Å²) in [5, 5.41) is 12.0. The minimum atomic E-state index is -1.07. The summed E-state index contributed by atoms with van der Waals surface area (Å²) in [5.74, 6) is -0.881.